The van der Waals surface area contributed by atoms with Gasteiger partial charge in [-0.25, -0.2) is 4.39 Å². The van der Waals surface area contributed by atoms with Crippen molar-refractivity contribution in [1.82, 2.24) is 5.32 Å². The Morgan fingerprint density at radius 3 is 2.68 bits per heavy atom. The summed E-state index contributed by atoms with van der Waals surface area (Å²) in [5.74, 6) is -0.637. The first-order valence-corrected chi connectivity index (χ1v) is 6.71. The number of carbonyl (C=O) groups is 1. The van der Waals surface area contributed by atoms with E-state index in [0.29, 0.717) is 16.1 Å². The van der Waals surface area contributed by atoms with Crippen LogP contribution in [-0.2, 0) is 6.54 Å². The van der Waals surface area contributed by atoms with Crippen molar-refractivity contribution in [2.75, 3.05) is 0 Å². The Morgan fingerprint density at radius 2 is 2.00 bits per heavy atom. The van der Waals surface area contributed by atoms with E-state index in [0.717, 1.165) is 4.47 Å². The first kappa shape index (κ1) is 14.0. The van der Waals surface area contributed by atoms with E-state index in [4.69, 9.17) is 11.6 Å². The van der Waals surface area contributed by atoms with E-state index in [1.807, 2.05) is 0 Å². The maximum absolute atomic E-state index is 13.4. The molecule has 0 spiro atoms. The molecule has 0 radical (unpaired) electrons. The fourth-order valence-corrected chi connectivity index (χ4v) is 2.46. The second-order valence-corrected chi connectivity index (χ2v) is 5.28. The average Bonchev–Trinajstić information content (AvgIpc) is 2.36. The number of rotatable bonds is 3. The minimum absolute atomic E-state index is 0.135. The molecular formula is C14H10BrClFNO. The molecule has 2 nitrogen and oxygen atoms in total. The molecule has 19 heavy (non-hydrogen) atoms. The van der Waals surface area contributed by atoms with Crippen molar-refractivity contribution in [3.05, 3.63) is 68.9 Å². The third-order valence-electron chi connectivity index (χ3n) is 2.52. The zero-order chi connectivity index (χ0) is 13.8. The molecule has 1 N–H and O–H groups in total. The lowest BCUT2D eigenvalue weighted by Crippen LogP contribution is -2.23. The fraction of sp³-hybridized carbons (Fsp3) is 0.0714. The number of hydrogen-bond donors (Lipinski definition) is 1. The van der Waals surface area contributed by atoms with Crippen LogP contribution in [0.25, 0.3) is 0 Å². The van der Waals surface area contributed by atoms with Crippen molar-refractivity contribution >= 4 is 33.4 Å². The summed E-state index contributed by atoms with van der Waals surface area (Å²) < 4.78 is 14.1. The number of carbonyl (C=O) groups excluding carboxylic acids is 1. The number of benzene rings is 2. The second kappa shape index (κ2) is 6.17. The van der Waals surface area contributed by atoms with Crippen LogP contribution >= 0.6 is 27.5 Å². The summed E-state index contributed by atoms with van der Waals surface area (Å²) in [5.41, 5.74) is 0.868. The number of amides is 1. The van der Waals surface area contributed by atoms with Crippen LogP contribution in [0.1, 0.15) is 15.9 Å². The standard InChI is InChI=1S/C14H10BrClFNO/c15-11-5-10(6-12(16)7-11)14(19)18-8-9-3-1-2-4-13(9)17/h1-7H,8H2,(H,18,19). The normalized spacial score (nSPS) is 10.3. The lowest BCUT2D eigenvalue weighted by molar-refractivity contribution is 0.0950. The van der Waals surface area contributed by atoms with Crippen molar-refractivity contribution in [2.45, 2.75) is 6.54 Å². The number of nitrogens with one attached hydrogen (secondary N) is 1. The van der Waals surface area contributed by atoms with Crippen molar-refractivity contribution < 1.29 is 9.18 Å². The molecule has 0 saturated carbocycles. The molecule has 0 aromatic heterocycles. The Labute approximate surface area is 123 Å². The van der Waals surface area contributed by atoms with Gasteiger partial charge in [0.25, 0.3) is 5.91 Å². The quantitative estimate of drug-likeness (QED) is 0.891. The molecule has 98 valence electrons. The highest BCUT2D eigenvalue weighted by Crippen LogP contribution is 2.19. The largest absolute Gasteiger partial charge is 0.348 e. The van der Waals surface area contributed by atoms with E-state index in [1.54, 1.807) is 36.4 Å². The van der Waals surface area contributed by atoms with Gasteiger partial charge in [-0.05, 0) is 24.3 Å². The second-order valence-electron chi connectivity index (χ2n) is 3.93. The molecule has 0 bridgehead atoms. The predicted octanol–water partition coefficient (Wildman–Crippen LogP) is 4.17. The lowest BCUT2D eigenvalue weighted by Gasteiger charge is -2.07. The first-order valence-electron chi connectivity index (χ1n) is 5.54. The summed E-state index contributed by atoms with van der Waals surface area (Å²) in [5, 5.41) is 3.12. The highest BCUT2D eigenvalue weighted by Gasteiger charge is 2.08. The summed E-state index contributed by atoms with van der Waals surface area (Å²) in [6.45, 7) is 0.135. The molecular weight excluding hydrogens is 333 g/mol. The van der Waals surface area contributed by atoms with Gasteiger partial charge in [0.15, 0.2) is 0 Å². The van der Waals surface area contributed by atoms with Crippen molar-refractivity contribution in [3.63, 3.8) is 0 Å². The van der Waals surface area contributed by atoms with Gasteiger partial charge in [-0.2, -0.15) is 0 Å². The highest BCUT2D eigenvalue weighted by molar-refractivity contribution is 9.10. The van der Waals surface area contributed by atoms with Gasteiger partial charge < -0.3 is 5.32 Å². The molecule has 1 amide bonds. The summed E-state index contributed by atoms with van der Waals surface area (Å²) in [4.78, 5) is 11.9. The molecule has 0 heterocycles. The Morgan fingerprint density at radius 1 is 1.26 bits per heavy atom. The fourth-order valence-electron chi connectivity index (χ4n) is 1.60. The molecule has 0 fully saturated rings. The Balaban J connectivity index is 2.08. The first-order chi connectivity index (χ1) is 9.06. The minimum Gasteiger partial charge on any atom is -0.348 e. The lowest BCUT2D eigenvalue weighted by atomic mass is 10.2. The van der Waals surface area contributed by atoms with E-state index in [2.05, 4.69) is 21.2 Å². The molecule has 0 atom stereocenters. The Hall–Kier alpha value is -1.39. The van der Waals surface area contributed by atoms with Crippen LogP contribution in [0.3, 0.4) is 0 Å². The molecule has 0 unspecified atom stereocenters. The van der Waals surface area contributed by atoms with Gasteiger partial charge >= 0.3 is 0 Å². The van der Waals surface area contributed by atoms with Crippen LogP contribution in [0.4, 0.5) is 4.39 Å². The van der Waals surface area contributed by atoms with Gasteiger partial charge in [0, 0.05) is 27.2 Å². The topological polar surface area (TPSA) is 29.1 Å². The third-order valence-corrected chi connectivity index (χ3v) is 3.20. The smallest absolute Gasteiger partial charge is 0.251 e. The van der Waals surface area contributed by atoms with E-state index >= 15 is 0 Å². The van der Waals surface area contributed by atoms with Crippen LogP contribution in [0.15, 0.2) is 46.9 Å². The zero-order valence-electron chi connectivity index (χ0n) is 9.79. The van der Waals surface area contributed by atoms with Gasteiger partial charge in [0.2, 0.25) is 0 Å². The minimum atomic E-state index is -0.338. The van der Waals surface area contributed by atoms with Crippen molar-refractivity contribution in [1.29, 1.82) is 0 Å². The molecule has 0 aliphatic rings. The molecule has 0 saturated heterocycles. The van der Waals surface area contributed by atoms with Crippen molar-refractivity contribution in [2.24, 2.45) is 0 Å². The van der Waals surface area contributed by atoms with Crippen LogP contribution in [0.5, 0.6) is 0 Å². The molecule has 0 aliphatic carbocycles. The maximum Gasteiger partial charge on any atom is 0.251 e. The number of halogens is 3. The van der Waals surface area contributed by atoms with E-state index in [-0.39, 0.29) is 18.3 Å². The molecule has 2 aromatic rings. The molecule has 0 aliphatic heterocycles. The number of hydrogen-bond acceptors (Lipinski definition) is 1. The SMILES string of the molecule is O=C(NCc1ccccc1F)c1cc(Cl)cc(Br)c1. The van der Waals surface area contributed by atoms with Crippen LogP contribution in [0, 0.1) is 5.82 Å². The molecule has 5 heteroatoms. The summed E-state index contributed by atoms with van der Waals surface area (Å²) in [6, 6.07) is 11.2. The Kier molecular flexibility index (Phi) is 4.56. The zero-order valence-corrected chi connectivity index (χ0v) is 12.1. The van der Waals surface area contributed by atoms with Gasteiger partial charge in [-0.3, -0.25) is 4.79 Å². The van der Waals surface area contributed by atoms with Gasteiger partial charge in [0.1, 0.15) is 5.82 Å². The van der Waals surface area contributed by atoms with Gasteiger partial charge in [-0.1, -0.05) is 45.7 Å². The maximum atomic E-state index is 13.4. The van der Waals surface area contributed by atoms with Crippen LogP contribution < -0.4 is 5.32 Å². The predicted molar refractivity (Wildman–Crippen MR) is 76.7 cm³/mol. The van der Waals surface area contributed by atoms with E-state index in [9.17, 15) is 9.18 Å². The van der Waals surface area contributed by atoms with Crippen LogP contribution in [0.2, 0.25) is 5.02 Å². The summed E-state index contributed by atoms with van der Waals surface area (Å²) in [6.07, 6.45) is 0. The highest BCUT2D eigenvalue weighted by atomic mass is 79.9. The Bertz CT molecular complexity index is 598. The van der Waals surface area contributed by atoms with Crippen LogP contribution in [-0.4, -0.2) is 5.91 Å². The monoisotopic (exact) mass is 341 g/mol. The van der Waals surface area contributed by atoms with Gasteiger partial charge in [0.05, 0.1) is 0 Å². The van der Waals surface area contributed by atoms with Gasteiger partial charge in [-0.15, -0.1) is 0 Å². The molecule has 2 aromatic carbocycles. The average molecular weight is 343 g/mol. The van der Waals surface area contributed by atoms with E-state index < -0.39 is 0 Å². The molecule has 2 rings (SSSR count). The third kappa shape index (κ3) is 3.78. The summed E-state index contributed by atoms with van der Waals surface area (Å²) in [7, 11) is 0. The summed E-state index contributed by atoms with van der Waals surface area (Å²) >= 11 is 9.13. The van der Waals surface area contributed by atoms with E-state index in [1.165, 1.54) is 6.07 Å². The van der Waals surface area contributed by atoms with Crippen molar-refractivity contribution in [3.8, 4) is 0 Å².